The lowest BCUT2D eigenvalue weighted by atomic mass is 10.1. The molecule has 0 spiro atoms. The Bertz CT molecular complexity index is 1010. The summed E-state index contributed by atoms with van der Waals surface area (Å²) in [4.78, 5) is 25.9. The lowest BCUT2D eigenvalue weighted by molar-refractivity contribution is -0.146. The SMILES string of the molecule is O=C(NC1CC1)C(=O)N1CCN(S(=O)(=O)c2ccccc2-c2ccccc2)CC1. The maximum atomic E-state index is 13.3. The van der Waals surface area contributed by atoms with Gasteiger partial charge in [-0.15, -0.1) is 0 Å². The van der Waals surface area contributed by atoms with E-state index in [1.807, 2.05) is 36.4 Å². The first-order chi connectivity index (χ1) is 14.0. The number of carbonyl (C=O) groups excluding carboxylic acids is 2. The maximum absolute atomic E-state index is 13.3. The van der Waals surface area contributed by atoms with E-state index in [2.05, 4.69) is 5.32 Å². The van der Waals surface area contributed by atoms with Crippen molar-refractivity contribution < 1.29 is 18.0 Å². The van der Waals surface area contributed by atoms with Crippen molar-refractivity contribution in [2.75, 3.05) is 26.2 Å². The highest BCUT2D eigenvalue weighted by molar-refractivity contribution is 7.89. The standard InChI is InChI=1S/C21H23N3O4S/c25-20(22-17-10-11-17)21(26)23-12-14-24(15-13-23)29(27,28)19-9-5-4-8-18(19)16-6-2-1-3-7-16/h1-9,17H,10-15H2,(H,22,25). The van der Waals surface area contributed by atoms with Crippen LogP contribution in [0.4, 0.5) is 0 Å². The number of sulfonamides is 1. The van der Waals surface area contributed by atoms with Gasteiger partial charge in [-0.3, -0.25) is 9.59 Å². The van der Waals surface area contributed by atoms with Crippen LogP contribution in [0, 0.1) is 0 Å². The molecule has 0 unspecified atom stereocenters. The number of rotatable bonds is 4. The molecule has 2 aromatic rings. The molecule has 0 bridgehead atoms. The van der Waals surface area contributed by atoms with Gasteiger partial charge in [0.25, 0.3) is 0 Å². The van der Waals surface area contributed by atoms with Crippen LogP contribution in [0.3, 0.4) is 0 Å². The fourth-order valence-corrected chi connectivity index (χ4v) is 5.07. The predicted molar refractivity (Wildman–Crippen MR) is 108 cm³/mol. The van der Waals surface area contributed by atoms with Gasteiger partial charge >= 0.3 is 11.8 Å². The molecule has 1 N–H and O–H groups in total. The van der Waals surface area contributed by atoms with Crippen LogP contribution in [0.25, 0.3) is 11.1 Å². The summed E-state index contributed by atoms with van der Waals surface area (Å²) in [6, 6.07) is 16.4. The van der Waals surface area contributed by atoms with Gasteiger partial charge in [0.15, 0.2) is 0 Å². The molecule has 152 valence electrons. The minimum atomic E-state index is -3.72. The molecule has 1 aliphatic carbocycles. The third-order valence-electron chi connectivity index (χ3n) is 5.22. The van der Waals surface area contributed by atoms with Crippen LogP contribution in [0.5, 0.6) is 0 Å². The van der Waals surface area contributed by atoms with E-state index in [-0.39, 0.29) is 37.1 Å². The van der Waals surface area contributed by atoms with Crippen molar-refractivity contribution in [2.45, 2.75) is 23.8 Å². The molecule has 2 amide bonds. The number of amides is 2. The number of carbonyl (C=O) groups is 2. The van der Waals surface area contributed by atoms with Gasteiger partial charge in [0, 0.05) is 37.8 Å². The average molecular weight is 413 g/mol. The van der Waals surface area contributed by atoms with Crippen molar-refractivity contribution in [3.8, 4) is 11.1 Å². The van der Waals surface area contributed by atoms with Gasteiger partial charge in [-0.2, -0.15) is 4.31 Å². The van der Waals surface area contributed by atoms with Crippen LogP contribution >= 0.6 is 0 Å². The highest BCUT2D eigenvalue weighted by Gasteiger charge is 2.34. The molecule has 4 rings (SSSR count). The lowest BCUT2D eigenvalue weighted by Crippen LogP contribution is -2.54. The Morgan fingerprint density at radius 3 is 2.14 bits per heavy atom. The molecule has 0 radical (unpaired) electrons. The van der Waals surface area contributed by atoms with Crippen molar-refractivity contribution in [3.63, 3.8) is 0 Å². The predicted octanol–water partition coefficient (Wildman–Crippen LogP) is 1.47. The molecule has 1 saturated carbocycles. The van der Waals surface area contributed by atoms with Crippen molar-refractivity contribution >= 4 is 21.8 Å². The van der Waals surface area contributed by atoms with Crippen LogP contribution < -0.4 is 5.32 Å². The topological polar surface area (TPSA) is 86.8 Å². The Labute approximate surface area is 170 Å². The molecule has 7 nitrogen and oxygen atoms in total. The van der Waals surface area contributed by atoms with Gasteiger partial charge in [-0.1, -0.05) is 48.5 Å². The van der Waals surface area contributed by atoms with Crippen LogP contribution in [0.2, 0.25) is 0 Å². The highest BCUT2D eigenvalue weighted by atomic mass is 32.2. The van der Waals surface area contributed by atoms with Gasteiger partial charge < -0.3 is 10.2 Å². The molecule has 2 fully saturated rings. The average Bonchev–Trinajstić information content (AvgIpc) is 3.58. The van der Waals surface area contributed by atoms with Gasteiger partial charge in [0.05, 0.1) is 4.90 Å². The van der Waals surface area contributed by atoms with E-state index in [9.17, 15) is 18.0 Å². The summed E-state index contributed by atoms with van der Waals surface area (Å²) in [5.41, 5.74) is 1.48. The number of nitrogens with one attached hydrogen (secondary N) is 1. The Balaban J connectivity index is 1.49. The number of nitrogens with zero attached hydrogens (tertiary/aromatic N) is 2. The highest BCUT2D eigenvalue weighted by Crippen LogP contribution is 2.29. The molecule has 2 aliphatic rings. The minimum Gasteiger partial charge on any atom is -0.345 e. The second kappa shape index (κ2) is 7.96. The monoisotopic (exact) mass is 413 g/mol. The summed E-state index contributed by atoms with van der Waals surface area (Å²) >= 11 is 0. The molecular weight excluding hydrogens is 390 g/mol. The van der Waals surface area contributed by atoms with Gasteiger partial charge in [-0.25, -0.2) is 8.42 Å². The zero-order valence-corrected chi connectivity index (χ0v) is 16.8. The van der Waals surface area contributed by atoms with E-state index >= 15 is 0 Å². The van der Waals surface area contributed by atoms with Gasteiger partial charge in [0.1, 0.15) is 0 Å². The molecule has 2 aromatic carbocycles. The summed E-state index contributed by atoms with van der Waals surface area (Å²) in [6.45, 7) is 0.717. The Morgan fingerprint density at radius 1 is 0.862 bits per heavy atom. The summed E-state index contributed by atoms with van der Waals surface area (Å²) in [5.74, 6) is -1.18. The van der Waals surface area contributed by atoms with Crippen molar-refractivity contribution in [2.24, 2.45) is 0 Å². The summed E-state index contributed by atoms with van der Waals surface area (Å²) in [5, 5.41) is 2.68. The molecule has 1 heterocycles. The zero-order valence-electron chi connectivity index (χ0n) is 16.0. The van der Waals surface area contributed by atoms with Crippen LogP contribution in [0.15, 0.2) is 59.5 Å². The number of piperazine rings is 1. The maximum Gasteiger partial charge on any atom is 0.311 e. The normalized spacial score (nSPS) is 17.7. The molecule has 0 aromatic heterocycles. The Morgan fingerprint density at radius 2 is 1.48 bits per heavy atom. The Hall–Kier alpha value is -2.71. The minimum absolute atomic E-state index is 0.114. The van der Waals surface area contributed by atoms with E-state index < -0.39 is 21.8 Å². The van der Waals surface area contributed by atoms with E-state index in [1.165, 1.54) is 9.21 Å². The second-order valence-electron chi connectivity index (χ2n) is 7.31. The zero-order chi connectivity index (χ0) is 20.4. The molecule has 29 heavy (non-hydrogen) atoms. The number of hydrogen-bond acceptors (Lipinski definition) is 4. The summed E-state index contributed by atoms with van der Waals surface area (Å²) in [7, 11) is -3.72. The van der Waals surface area contributed by atoms with Gasteiger partial charge in [-0.05, 0) is 24.5 Å². The van der Waals surface area contributed by atoms with E-state index in [1.54, 1.807) is 18.2 Å². The quantitative estimate of drug-likeness (QED) is 0.769. The van der Waals surface area contributed by atoms with E-state index in [0.717, 1.165) is 18.4 Å². The number of benzene rings is 2. The van der Waals surface area contributed by atoms with Crippen LogP contribution in [-0.4, -0.2) is 61.7 Å². The van der Waals surface area contributed by atoms with Crippen LogP contribution in [-0.2, 0) is 19.6 Å². The molecule has 1 saturated heterocycles. The van der Waals surface area contributed by atoms with Crippen molar-refractivity contribution in [3.05, 3.63) is 54.6 Å². The Kier molecular flexibility index (Phi) is 5.38. The molecule has 0 atom stereocenters. The summed E-state index contributed by atoms with van der Waals surface area (Å²) in [6.07, 6.45) is 1.82. The third kappa shape index (κ3) is 4.18. The molecule has 1 aliphatic heterocycles. The second-order valence-corrected chi connectivity index (χ2v) is 9.21. The van der Waals surface area contributed by atoms with Crippen molar-refractivity contribution in [1.82, 2.24) is 14.5 Å². The fourth-order valence-electron chi connectivity index (χ4n) is 3.44. The first-order valence-electron chi connectivity index (χ1n) is 9.71. The molecular formula is C21H23N3O4S. The largest absolute Gasteiger partial charge is 0.345 e. The third-order valence-corrected chi connectivity index (χ3v) is 7.18. The van der Waals surface area contributed by atoms with Crippen molar-refractivity contribution in [1.29, 1.82) is 0 Å². The van der Waals surface area contributed by atoms with E-state index in [0.29, 0.717) is 5.56 Å². The lowest BCUT2D eigenvalue weighted by Gasteiger charge is -2.34. The van der Waals surface area contributed by atoms with Gasteiger partial charge in [0.2, 0.25) is 10.0 Å². The first kappa shape index (κ1) is 19.6. The fraction of sp³-hybridized carbons (Fsp3) is 0.333. The number of hydrogen-bond donors (Lipinski definition) is 1. The van der Waals surface area contributed by atoms with E-state index in [4.69, 9.17) is 0 Å². The molecule has 8 heteroatoms. The first-order valence-corrected chi connectivity index (χ1v) is 11.2. The summed E-state index contributed by atoms with van der Waals surface area (Å²) < 4.78 is 28.0. The van der Waals surface area contributed by atoms with Crippen LogP contribution in [0.1, 0.15) is 12.8 Å². The smallest absolute Gasteiger partial charge is 0.311 e.